The van der Waals surface area contributed by atoms with E-state index >= 15 is 0 Å². The molecule has 0 aliphatic rings. The summed E-state index contributed by atoms with van der Waals surface area (Å²) in [5.41, 5.74) is 0.648. The number of hydrogen-bond acceptors (Lipinski definition) is 4. The highest BCUT2D eigenvalue weighted by atomic mass is 16.6. The fraction of sp³-hybridized carbons (Fsp3) is 0.400. The average molecular weight is 209 g/mol. The molecule has 15 heavy (non-hydrogen) atoms. The van der Waals surface area contributed by atoms with Crippen molar-refractivity contribution in [2.45, 2.75) is 13.1 Å². The topological polar surface area (TPSA) is 58.4 Å². The van der Waals surface area contributed by atoms with E-state index in [0.29, 0.717) is 5.69 Å². The van der Waals surface area contributed by atoms with Crippen molar-refractivity contribution in [1.82, 2.24) is 4.90 Å². The van der Waals surface area contributed by atoms with Gasteiger partial charge in [0.15, 0.2) is 0 Å². The number of rotatable bonds is 4. The molecular formula is C10H15N3O2. The van der Waals surface area contributed by atoms with E-state index in [4.69, 9.17) is 0 Å². The van der Waals surface area contributed by atoms with Gasteiger partial charge in [0.2, 0.25) is 0 Å². The van der Waals surface area contributed by atoms with Crippen molar-refractivity contribution in [3.63, 3.8) is 0 Å². The van der Waals surface area contributed by atoms with Crippen molar-refractivity contribution in [1.29, 1.82) is 0 Å². The molecule has 1 aromatic carbocycles. The van der Waals surface area contributed by atoms with Crippen LogP contribution in [0.4, 0.5) is 11.4 Å². The maximum atomic E-state index is 10.7. The van der Waals surface area contributed by atoms with Crippen LogP contribution in [0.1, 0.15) is 6.92 Å². The molecule has 0 radical (unpaired) electrons. The number of para-hydroxylation sites is 2. The molecule has 82 valence electrons. The summed E-state index contributed by atoms with van der Waals surface area (Å²) >= 11 is 0. The Morgan fingerprint density at radius 2 is 2.00 bits per heavy atom. The van der Waals surface area contributed by atoms with Crippen LogP contribution in [0.25, 0.3) is 0 Å². The van der Waals surface area contributed by atoms with Gasteiger partial charge in [0, 0.05) is 6.07 Å². The third-order valence-corrected chi connectivity index (χ3v) is 2.24. The molecule has 0 fully saturated rings. The van der Waals surface area contributed by atoms with Crippen molar-refractivity contribution in [3.05, 3.63) is 34.4 Å². The van der Waals surface area contributed by atoms with E-state index in [1.807, 2.05) is 25.9 Å². The molecule has 0 amide bonds. The molecule has 1 N–H and O–H groups in total. The molecule has 0 spiro atoms. The number of nitrogens with zero attached hydrogens (tertiary/aromatic N) is 2. The molecule has 1 rings (SSSR count). The molecule has 5 heteroatoms. The first-order valence-electron chi connectivity index (χ1n) is 4.68. The average Bonchev–Trinajstić information content (AvgIpc) is 2.18. The van der Waals surface area contributed by atoms with Gasteiger partial charge in [-0.3, -0.25) is 15.0 Å². The highest BCUT2D eigenvalue weighted by Crippen LogP contribution is 2.23. The van der Waals surface area contributed by atoms with Gasteiger partial charge in [0.1, 0.15) is 5.69 Å². The third-order valence-electron chi connectivity index (χ3n) is 2.24. The minimum absolute atomic E-state index is 0.0473. The molecule has 5 nitrogen and oxygen atoms in total. The summed E-state index contributed by atoms with van der Waals surface area (Å²) in [6.45, 7) is 1.94. The first-order chi connectivity index (χ1) is 7.02. The summed E-state index contributed by atoms with van der Waals surface area (Å²) < 4.78 is 0. The van der Waals surface area contributed by atoms with Crippen molar-refractivity contribution < 1.29 is 4.92 Å². The van der Waals surface area contributed by atoms with Crippen LogP contribution in [0, 0.1) is 10.1 Å². The fourth-order valence-electron chi connectivity index (χ4n) is 1.11. The van der Waals surface area contributed by atoms with Crippen molar-refractivity contribution >= 4 is 11.4 Å². The van der Waals surface area contributed by atoms with Gasteiger partial charge in [-0.05, 0) is 27.1 Å². The van der Waals surface area contributed by atoms with E-state index in [-0.39, 0.29) is 16.8 Å². The smallest absolute Gasteiger partial charge is 0.292 e. The maximum absolute atomic E-state index is 10.7. The van der Waals surface area contributed by atoms with Crippen LogP contribution in [-0.4, -0.2) is 30.1 Å². The lowest BCUT2D eigenvalue weighted by Gasteiger charge is -2.21. The van der Waals surface area contributed by atoms with Gasteiger partial charge in [0.25, 0.3) is 5.69 Å². The van der Waals surface area contributed by atoms with E-state index in [0.717, 1.165) is 0 Å². The van der Waals surface area contributed by atoms with Crippen LogP contribution in [0.5, 0.6) is 0 Å². The lowest BCUT2D eigenvalue weighted by atomic mass is 10.2. The maximum Gasteiger partial charge on any atom is 0.292 e. The van der Waals surface area contributed by atoms with Gasteiger partial charge in [-0.15, -0.1) is 0 Å². The first-order valence-corrected chi connectivity index (χ1v) is 4.68. The zero-order valence-electron chi connectivity index (χ0n) is 9.10. The monoisotopic (exact) mass is 209 g/mol. The van der Waals surface area contributed by atoms with Gasteiger partial charge < -0.3 is 5.32 Å². The predicted molar refractivity (Wildman–Crippen MR) is 59.9 cm³/mol. The highest BCUT2D eigenvalue weighted by molar-refractivity contribution is 5.61. The lowest BCUT2D eigenvalue weighted by molar-refractivity contribution is -0.384. The second kappa shape index (κ2) is 4.75. The molecule has 1 aromatic rings. The lowest BCUT2D eigenvalue weighted by Crippen LogP contribution is -2.32. The molecule has 0 aliphatic carbocycles. The van der Waals surface area contributed by atoms with E-state index in [9.17, 15) is 10.1 Å². The zero-order valence-corrected chi connectivity index (χ0v) is 9.10. The minimum Gasteiger partial charge on any atom is -0.364 e. The molecule has 0 saturated heterocycles. The summed E-state index contributed by atoms with van der Waals surface area (Å²) in [4.78, 5) is 12.3. The number of nitro groups is 1. The van der Waals surface area contributed by atoms with Crippen LogP contribution < -0.4 is 5.32 Å². The van der Waals surface area contributed by atoms with Crippen molar-refractivity contribution in [2.24, 2.45) is 0 Å². The van der Waals surface area contributed by atoms with E-state index in [2.05, 4.69) is 5.32 Å². The number of benzene rings is 1. The summed E-state index contributed by atoms with van der Waals surface area (Å²) in [5, 5.41) is 13.8. The Balaban J connectivity index is 2.89. The van der Waals surface area contributed by atoms with E-state index in [1.54, 1.807) is 18.2 Å². The standard InChI is InChI=1S/C10H15N3O2/c1-8(12(2)3)11-9-6-4-5-7-10(9)13(14)15/h4-8,11H,1-3H3. The Kier molecular flexibility index (Phi) is 3.62. The van der Waals surface area contributed by atoms with Gasteiger partial charge in [0.05, 0.1) is 11.1 Å². The van der Waals surface area contributed by atoms with Crippen LogP contribution in [0.3, 0.4) is 0 Å². The Morgan fingerprint density at radius 1 is 1.40 bits per heavy atom. The fourth-order valence-corrected chi connectivity index (χ4v) is 1.11. The molecule has 0 aromatic heterocycles. The van der Waals surface area contributed by atoms with Gasteiger partial charge in [-0.1, -0.05) is 12.1 Å². The normalized spacial score (nSPS) is 12.5. The van der Waals surface area contributed by atoms with Crippen LogP contribution in [0.15, 0.2) is 24.3 Å². The van der Waals surface area contributed by atoms with Crippen molar-refractivity contribution in [2.75, 3.05) is 19.4 Å². The van der Waals surface area contributed by atoms with E-state index < -0.39 is 0 Å². The van der Waals surface area contributed by atoms with Crippen molar-refractivity contribution in [3.8, 4) is 0 Å². The van der Waals surface area contributed by atoms with Crippen LogP contribution in [0.2, 0.25) is 0 Å². The molecule has 0 heterocycles. The molecular weight excluding hydrogens is 194 g/mol. The first kappa shape index (κ1) is 11.5. The summed E-state index contributed by atoms with van der Waals surface area (Å²) in [6, 6.07) is 6.63. The van der Waals surface area contributed by atoms with Crippen LogP contribution >= 0.6 is 0 Å². The number of nitro benzene ring substituents is 1. The summed E-state index contributed by atoms with van der Waals surface area (Å²) in [5.74, 6) is 0. The minimum atomic E-state index is -0.384. The van der Waals surface area contributed by atoms with Gasteiger partial charge >= 0.3 is 0 Å². The molecule has 1 unspecified atom stereocenters. The zero-order chi connectivity index (χ0) is 11.4. The molecule has 0 aliphatic heterocycles. The third kappa shape index (κ3) is 2.92. The van der Waals surface area contributed by atoms with E-state index in [1.165, 1.54) is 6.07 Å². The number of nitrogens with one attached hydrogen (secondary N) is 1. The second-order valence-corrected chi connectivity index (χ2v) is 3.56. The van der Waals surface area contributed by atoms with Gasteiger partial charge in [-0.2, -0.15) is 0 Å². The number of anilines is 1. The van der Waals surface area contributed by atoms with Gasteiger partial charge in [-0.25, -0.2) is 0 Å². The SMILES string of the molecule is CC(Nc1ccccc1[N+](=O)[O-])N(C)C. The Morgan fingerprint density at radius 3 is 2.53 bits per heavy atom. The highest BCUT2D eigenvalue weighted by Gasteiger charge is 2.14. The molecule has 0 bridgehead atoms. The predicted octanol–water partition coefficient (Wildman–Crippen LogP) is 1.91. The summed E-state index contributed by atoms with van der Waals surface area (Å²) in [7, 11) is 3.82. The Hall–Kier alpha value is -1.62. The quantitative estimate of drug-likeness (QED) is 0.467. The summed E-state index contributed by atoms with van der Waals surface area (Å²) in [6.07, 6.45) is 0.0473. The largest absolute Gasteiger partial charge is 0.364 e. The molecule has 0 saturated carbocycles. The molecule has 1 atom stereocenters. The second-order valence-electron chi connectivity index (χ2n) is 3.56. The number of hydrogen-bond donors (Lipinski definition) is 1. The van der Waals surface area contributed by atoms with Crippen LogP contribution in [-0.2, 0) is 0 Å². The Labute approximate surface area is 88.9 Å². The Bertz CT molecular complexity index is 352.